The minimum Gasteiger partial charge on any atom is -0.268 e. The van der Waals surface area contributed by atoms with Crippen LogP contribution >= 0.6 is 15.9 Å². The quantitative estimate of drug-likeness (QED) is 0.369. The van der Waals surface area contributed by atoms with Crippen molar-refractivity contribution in [1.29, 1.82) is 0 Å². The van der Waals surface area contributed by atoms with E-state index in [-0.39, 0.29) is 5.91 Å². The number of hydrogen-bond acceptors (Lipinski definition) is 3. The number of halogens is 1. The van der Waals surface area contributed by atoms with E-state index in [2.05, 4.69) is 37.6 Å². The van der Waals surface area contributed by atoms with E-state index in [1.807, 2.05) is 60.7 Å². The Morgan fingerprint density at radius 3 is 2.75 bits per heavy atom. The van der Waals surface area contributed by atoms with E-state index in [0.717, 1.165) is 21.0 Å². The van der Waals surface area contributed by atoms with Crippen LogP contribution in [0.1, 0.15) is 21.6 Å². The van der Waals surface area contributed by atoms with E-state index in [4.69, 9.17) is 0 Å². The van der Waals surface area contributed by atoms with Gasteiger partial charge in [-0.05, 0) is 46.2 Å². The summed E-state index contributed by atoms with van der Waals surface area (Å²) in [7, 11) is 0. The predicted molar refractivity (Wildman–Crippen MR) is 114 cm³/mol. The molecule has 0 fully saturated rings. The fraction of sp³-hybridized carbons (Fsp3) is 0.0455. The molecule has 6 heteroatoms. The first kappa shape index (κ1) is 18.1. The average molecular weight is 433 g/mol. The topological polar surface area (TPSA) is 59.3 Å². The highest BCUT2D eigenvalue weighted by Gasteiger charge is 2.08. The zero-order valence-electron chi connectivity index (χ0n) is 14.9. The van der Waals surface area contributed by atoms with Gasteiger partial charge >= 0.3 is 0 Å². The molecule has 0 unspecified atom stereocenters. The molecule has 1 aromatic heterocycles. The summed E-state index contributed by atoms with van der Waals surface area (Å²) >= 11 is 3.46. The fourth-order valence-corrected chi connectivity index (χ4v) is 3.35. The number of fused-ring (bicyclic) bond motifs is 1. The zero-order valence-corrected chi connectivity index (χ0v) is 16.5. The molecule has 4 aromatic rings. The van der Waals surface area contributed by atoms with Crippen LogP contribution in [0.5, 0.6) is 0 Å². The molecule has 0 saturated heterocycles. The number of aromatic nitrogens is 2. The van der Waals surface area contributed by atoms with Gasteiger partial charge in [0.2, 0.25) is 0 Å². The molecule has 1 N–H and O–H groups in total. The van der Waals surface area contributed by atoms with E-state index < -0.39 is 0 Å². The van der Waals surface area contributed by atoms with Gasteiger partial charge < -0.3 is 0 Å². The van der Waals surface area contributed by atoms with Crippen LogP contribution in [0, 0.1) is 0 Å². The lowest BCUT2D eigenvalue weighted by atomic mass is 10.1. The summed E-state index contributed by atoms with van der Waals surface area (Å²) in [5.41, 5.74) is 4.87. The maximum Gasteiger partial charge on any atom is 0.291 e. The van der Waals surface area contributed by atoms with Crippen molar-refractivity contribution < 1.29 is 4.79 Å². The molecule has 0 aliphatic rings. The van der Waals surface area contributed by atoms with Crippen LogP contribution in [-0.4, -0.2) is 21.9 Å². The molecule has 0 aliphatic carbocycles. The number of rotatable bonds is 5. The van der Waals surface area contributed by atoms with Crippen LogP contribution in [-0.2, 0) is 6.54 Å². The Balaban J connectivity index is 1.39. The standard InChI is InChI=1S/C22H17BrN4O/c23-20-7-3-4-17(13-20)15-27-11-10-21(26-27)22(28)25-24-14-16-8-9-18-5-1-2-6-19(18)12-16/h1-14H,15H2,(H,25,28). The van der Waals surface area contributed by atoms with Crippen LogP contribution < -0.4 is 5.43 Å². The predicted octanol–water partition coefficient (Wildman–Crippen LogP) is 4.61. The summed E-state index contributed by atoms with van der Waals surface area (Å²) in [5, 5.41) is 10.7. The molecule has 1 heterocycles. The largest absolute Gasteiger partial charge is 0.291 e. The second-order valence-corrected chi connectivity index (χ2v) is 7.25. The Labute approximate surface area is 170 Å². The summed E-state index contributed by atoms with van der Waals surface area (Å²) in [4.78, 5) is 12.3. The second-order valence-electron chi connectivity index (χ2n) is 6.33. The van der Waals surface area contributed by atoms with Crippen molar-refractivity contribution in [2.45, 2.75) is 6.54 Å². The molecule has 0 bridgehead atoms. The van der Waals surface area contributed by atoms with Gasteiger partial charge in [0.05, 0.1) is 12.8 Å². The Morgan fingerprint density at radius 2 is 1.89 bits per heavy atom. The van der Waals surface area contributed by atoms with Crippen LogP contribution in [0.25, 0.3) is 10.8 Å². The van der Waals surface area contributed by atoms with E-state index in [1.54, 1.807) is 23.2 Å². The van der Waals surface area contributed by atoms with Crippen molar-refractivity contribution in [1.82, 2.24) is 15.2 Å². The monoisotopic (exact) mass is 432 g/mol. The zero-order chi connectivity index (χ0) is 19.3. The first-order valence-corrected chi connectivity index (χ1v) is 9.57. The number of hydrazone groups is 1. The number of hydrogen-bond donors (Lipinski definition) is 1. The summed E-state index contributed by atoms with van der Waals surface area (Å²) in [6, 6.07) is 23.8. The van der Waals surface area contributed by atoms with Gasteiger partial charge in [0.15, 0.2) is 5.69 Å². The smallest absolute Gasteiger partial charge is 0.268 e. The molecule has 138 valence electrons. The Kier molecular flexibility index (Phi) is 5.30. The van der Waals surface area contributed by atoms with Gasteiger partial charge in [-0.15, -0.1) is 0 Å². The maximum absolute atomic E-state index is 12.3. The Hall–Kier alpha value is -3.25. The van der Waals surface area contributed by atoms with Gasteiger partial charge in [-0.3, -0.25) is 9.48 Å². The lowest BCUT2D eigenvalue weighted by Gasteiger charge is -2.02. The molecule has 0 aliphatic heterocycles. The van der Waals surface area contributed by atoms with E-state index >= 15 is 0 Å². The highest BCUT2D eigenvalue weighted by atomic mass is 79.9. The number of nitrogens with zero attached hydrogens (tertiary/aromatic N) is 3. The number of benzene rings is 3. The molecular weight excluding hydrogens is 416 g/mol. The molecule has 3 aromatic carbocycles. The maximum atomic E-state index is 12.3. The Morgan fingerprint density at radius 1 is 1.04 bits per heavy atom. The third-order valence-corrected chi connectivity index (χ3v) is 4.75. The lowest BCUT2D eigenvalue weighted by Crippen LogP contribution is -2.18. The third kappa shape index (κ3) is 4.35. The summed E-state index contributed by atoms with van der Waals surface area (Å²) in [6.45, 7) is 0.590. The molecular formula is C22H17BrN4O. The van der Waals surface area contributed by atoms with Crippen molar-refractivity contribution in [3.8, 4) is 0 Å². The normalized spacial score (nSPS) is 11.2. The summed E-state index contributed by atoms with van der Waals surface area (Å²) < 4.78 is 2.74. The van der Waals surface area contributed by atoms with E-state index in [9.17, 15) is 4.79 Å². The van der Waals surface area contributed by atoms with Crippen LogP contribution in [0.3, 0.4) is 0 Å². The summed E-state index contributed by atoms with van der Waals surface area (Å²) in [6.07, 6.45) is 3.41. The van der Waals surface area contributed by atoms with Gasteiger partial charge in [0, 0.05) is 10.7 Å². The van der Waals surface area contributed by atoms with Crippen molar-refractivity contribution >= 4 is 38.8 Å². The molecule has 1 amide bonds. The summed E-state index contributed by atoms with van der Waals surface area (Å²) in [5.74, 6) is -0.343. The minimum atomic E-state index is -0.343. The van der Waals surface area contributed by atoms with E-state index in [1.165, 1.54) is 5.39 Å². The first-order valence-electron chi connectivity index (χ1n) is 8.77. The highest BCUT2D eigenvalue weighted by molar-refractivity contribution is 9.10. The van der Waals surface area contributed by atoms with Gasteiger partial charge in [-0.25, -0.2) is 5.43 Å². The average Bonchev–Trinajstić information content (AvgIpc) is 3.16. The molecule has 5 nitrogen and oxygen atoms in total. The molecule has 0 radical (unpaired) electrons. The van der Waals surface area contributed by atoms with Gasteiger partial charge in [-0.1, -0.05) is 64.5 Å². The number of nitrogens with one attached hydrogen (secondary N) is 1. The SMILES string of the molecule is O=C(NN=Cc1ccc2ccccc2c1)c1ccn(Cc2cccc(Br)c2)n1. The highest BCUT2D eigenvalue weighted by Crippen LogP contribution is 2.15. The molecule has 28 heavy (non-hydrogen) atoms. The van der Waals surface area contributed by atoms with Gasteiger partial charge in [0.25, 0.3) is 5.91 Å². The Bertz CT molecular complexity index is 1170. The number of amides is 1. The van der Waals surface area contributed by atoms with Crippen LogP contribution in [0.2, 0.25) is 0 Å². The van der Waals surface area contributed by atoms with Crippen LogP contribution in [0.4, 0.5) is 0 Å². The fourth-order valence-electron chi connectivity index (χ4n) is 2.90. The minimum absolute atomic E-state index is 0.325. The van der Waals surface area contributed by atoms with Gasteiger partial charge in [0.1, 0.15) is 0 Å². The molecule has 4 rings (SSSR count). The van der Waals surface area contributed by atoms with Crippen molar-refractivity contribution in [2.75, 3.05) is 0 Å². The molecule has 0 atom stereocenters. The molecule has 0 saturated carbocycles. The van der Waals surface area contributed by atoms with Crippen molar-refractivity contribution in [3.05, 3.63) is 100 Å². The van der Waals surface area contributed by atoms with E-state index in [0.29, 0.717) is 12.2 Å². The van der Waals surface area contributed by atoms with Crippen LogP contribution in [0.15, 0.2) is 88.6 Å². The van der Waals surface area contributed by atoms with Crippen molar-refractivity contribution in [3.63, 3.8) is 0 Å². The third-order valence-electron chi connectivity index (χ3n) is 4.26. The number of carbonyl (C=O) groups is 1. The molecule has 0 spiro atoms. The lowest BCUT2D eigenvalue weighted by molar-refractivity contribution is 0.0949. The first-order chi connectivity index (χ1) is 13.7. The number of carbonyl (C=O) groups excluding carboxylic acids is 1. The van der Waals surface area contributed by atoms with Gasteiger partial charge in [-0.2, -0.15) is 10.2 Å². The second kappa shape index (κ2) is 8.19. The van der Waals surface area contributed by atoms with Crippen molar-refractivity contribution in [2.24, 2.45) is 5.10 Å².